The van der Waals surface area contributed by atoms with Gasteiger partial charge < -0.3 is 14.8 Å². The lowest BCUT2D eigenvalue weighted by Gasteiger charge is -2.10. The number of hydrogen-bond donors (Lipinski definition) is 2. The highest BCUT2D eigenvalue weighted by atomic mass is 32.1. The monoisotopic (exact) mass is 396 g/mol. The van der Waals surface area contributed by atoms with Crippen LogP contribution in [-0.2, 0) is 4.79 Å². The summed E-state index contributed by atoms with van der Waals surface area (Å²) in [6.45, 7) is 8.69. The molecule has 0 bridgehead atoms. The summed E-state index contributed by atoms with van der Waals surface area (Å²) in [5, 5.41) is 5.79. The second-order valence-electron chi connectivity index (χ2n) is 6.05. The maximum atomic E-state index is 12.0. The molecule has 0 heterocycles. The minimum absolute atomic E-state index is 0.207. The molecule has 0 radical (unpaired) electrons. The van der Waals surface area contributed by atoms with E-state index in [0.717, 1.165) is 22.6 Å². The lowest BCUT2D eigenvalue weighted by Crippen LogP contribution is -2.32. The van der Waals surface area contributed by atoms with Crippen LogP contribution >= 0.6 is 12.2 Å². The van der Waals surface area contributed by atoms with Crippen molar-refractivity contribution in [2.45, 2.75) is 13.8 Å². The first-order valence-corrected chi connectivity index (χ1v) is 9.27. The van der Waals surface area contributed by atoms with Gasteiger partial charge in [0.25, 0.3) is 0 Å². The van der Waals surface area contributed by atoms with E-state index in [0.29, 0.717) is 19.0 Å². The van der Waals surface area contributed by atoms with Crippen LogP contribution in [0.5, 0.6) is 11.5 Å². The zero-order valence-electron chi connectivity index (χ0n) is 16.0. The molecule has 2 aromatic rings. The lowest BCUT2D eigenvalue weighted by molar-refractivity contribution is -0.115. The highest BCUT2D eigenvalue weighted by molar-refractivity contribution is 7.80. The number of thiocarbonyl (C=S) groups is 1. The van der Waals surface area contributed by atoms with Crippen molar-refractivity contribution < 1.29 is 14.3 Å². The van der Waals surface area contributed by atoms with Crippen molar-refractivity contribution in [1.29, 1.82) is 0 Å². The van der Waals surface area contributed by atoms with Gasteiger partial charge in [-0.3, -0.25) is 10.1 Å². The van der Waals surface area contributed by atoms with E-state index in [-0.39, 0.29) is 11.0 Å². The Labute approximate surface area is 171 Å². The van der Waals surface area contributed by atoms with E-state index < -0.39 is 0 Å². The second kappa shape index (κ2) is 10.9. The summed E-state index contributed by atoms with van der Waals surface area (Å²) >= 11 is 5.19. The van der Waals surface area contributed by atoms with Crippen LogP contribution in [0.25, 0.3) is 6.08 Å². The van der Waals surface area contributed by atoms with Gasteiger partial charge in [-0.05, 0) is 67.5 Å². The Balaban J connectivity index is 1.85. The van der Waals surface area contributed by atoms with Gasteiger partial charge in [0.15, 0.2) is 5.11 Å². The zero-order valence-corrected chi connectivity index (χ0v) is 16.8. The topological polar surface area (TPSA) is 59.6 Å². The zero-order chi connectivity index (χ0) is 20.4. The first-order chi connectivity index (χ1) is 13.5. The molecule has 0 fully saturated rings. The molecule has 6 heteroatoms. The molecule has 28 heavy (non-hydrogen) atoms. The number of ether oxygens (including phenoxy) is 2. The van der Waals surface area contributed by atoms with E-state index in [1.165, 1.54) is 6.08 Å². The summed E-state index contributed by atoms with van der Waals surface area (Å²) in [4.78, 5) is 12.0. The second-order valence-corrected chi connectivity index (χ2v) is 6.46. The van der Waals surface area contributed by atoms with Gasteiger partial charge in [0.2, 0.25) is 5.91 Å². The number of rotatable bonds is 8. The molecule has 0 unspecified atom stereocenters. The van der Waals surface area contributed by atoms with Crippen LogP contribution in [0, 0.1) is 0 Å². The van der Waals surface area contributed by atoms with Crippen LogP contribution < -0.4 is 20.1 Å². The standard InChI is InChI=1S/C22H24N2O3S/c1-4-26-19-11-8-17(9-12-19)10-13-21(25)24-22(28)23-18-6-5-7-20(14-18)27-15-16(2)3/h5-14H,2,4,15H2,1,3H3,(H2,23,24,25,28)/b13-10+. The molecule has 0 aliphatic carbocycles. The van der Waals surface area contributed by atoms with Gasteiger partial charge in [-0.25, -0.2) is 0 Å². The van der Waals surface area contributed by atoms with Crippen molar-refractivity contribution in [3.63, 3.8) is 0 Å². The number of benzene rings is 2. The maximum Gasteiger partial charge on any atom is 0.250 e. The number of hydrogen-bond acceptors (Lipinski definition) is 4. The fourth-order valence-electron chi connectivity index (χ4n) is 2.20. The largest absolute Gasteiger partial charge is 0.494 e. The van der Waals surface area contributed by atoms with Gasteiger partial charge in [0.1, 0.15) is 18.1 Å². The first-order valence-electron chi connectivity index (χ1n) is 8.86. The van der Waals surface area contributed by atoms with Crippen LogP contribution in [0.1, 0.15) is 19.4 Å². The molecule has 0 spiro atoms. The van der Waals surface area contributed by atoms with E-state index in [1.807, 2.05) is 56.3 Å². The molecule has 0 atom stereocenters. The molecule has 0 aromatic heterocycles. The number of carbonyl (C=O) groups is 1. The quantitative estimate of drug-likeness (QED) is 0.389. The third-order valence-corrected chi connectivity index (χ3v) is 3.64. The van der Waals surface area contributed by atoms with E-state index in [2.05, 4.69) is 17.2 Å². The van der Waals surface area contributed by atoms with Crippen molar-refractivity contribution in [1.82, 2.24) is 5.32 Å². The van der Waals surface area contributed by atoms with E-state index in [1.54, 1.807) is 12.1 Å². The fraction of sp³-hybridized carbons (Fsp3) is 0.182. The molecule has 0 aliphatic heterocycles. The summed E-state index contributed by atoms with van der Waals surface area (Å²) in [6, 6.07) is 14.8. The smallest absolute Gasteiger partial charge is 0.250 e. The first kappa shape index (κ1) is 21.2. The van der Waals surface area contributed by atoms with E-state index in [9.17, 15) is 4.79 Å². The summed E-state index contributed by atoms with van der Waals surface area (Å²) in [5.74, 6) is 1.17. The van der Waals surface area contributed by atoms with Gasteiger partial charge in [0.05, 0.1) is 6.61 Å². The Bertz CT molecular complexity index is 860. The highest BCUT2D eigenvalue weighted by Crippen LogP contribution is 2.18. The number of carbonyl (C=O) groups excluding carboxylic acids is 1. The number of anilines is 1. The van der Waals surface area contributed by atoms with Gasteiger partial charge in [-0.1, -0.05) is 24.8 Å². The Morgan fingerprint density at radius 1 is 1.14 bits per heavy atom. The van der Waals surface area contributed by atoms with Crippen molar-refractivity contribution >= 4 is 35.0 Å². The predicted molar refractivity (Wildman–Crippen MR) is 118 cm³/mol. The summed E-state index contributed by atoms with van der Waals surface area (Å²) in [5.41, 5.74) is 2.54. The molecule has 146 valence electrons. The normalized spacial score (nSPS) is 10.4. The molecule has 2 N–H and O–H groups in total. The Kier molecular flexibility index (Phi) is 8.24. The third-order valence-electron chi connectivity index (χ3n) is 3.43. The average Bonchev–Trinajstić information content (AvgIpc) is 2.66. The van der Waals surface area contributed by atoms with Crippen LogP contribution in [0.3, 0.4) is 0 Å². The van der Waals surface area contributed by atoms with Gasteiger partial charge in [-0.2, -0.15) is 0 Å². The number of amides is 1. The van der Waals surface area contributed by atoms with Gasteiger partial charge in [-0.15, -0.1) is 0 Å². The van der Waals surface area contributed by atoms with Crippen LogP contribution in [0.4, 0.5) is 5.69 Å². The SMILES string of the molecule is C=C(C)COc1cccc(NC(=S)NC(=O)/C=C/c2ccc(OCC)cc2)c1. The minimum atomic E-state index is -0.318. The maximum absolute atomic E-state index is 12.0. The van der Waals surface area contributed by atoms with Gasteiger partial charge >= 0.3 is 0 Å². The molecule has 0 saturated heterocycles. The summed E-state index contributed by atoms with van der Waals surface area (Å²) < 4.78 is 11.0. The van der Waals surface area contributed by atoms with Crippen LogP contribution in [0.2, 0.25) is 0 Å². The third kappa shape index (κ3) is 7.63. The predicted octanol–water partition coefficient (Wildman–Crippen LogP) is 4.57. The van der Waals surface area contributed by atoms with Crippen LogP contribution in [-0.4, -0.2) is 24.2 Å². The van der Waals surface area contributed by atoms with Crippen molar-refractivity contribution in [2.24, 2.45) is 0 Å². The van der Waals surface area contributed by atoms with Crippen molar-refractivity contribution in [3.8, 4) is 11.5 Å². The molecular weight excluding hydrogens is 372 g/mol. The number of nitrogens with one attached hydrogen (secondary N) is 2. The minimum Gasteiger partial charge on any atom is -0.494 e. The van der Waals surface area contributed by atoms with E-state index in [4.69, 9.17) is 21.7 Å². The van der Waals surface area contributed by atoms with Gasteiger partial charge in [0, 0.05) is 17.8 Å². The van der Waals surface area contributed by atoms with Crippen molar-refractivity contribution in [2.75, 3.05) is 18.5 Å². The fourth-order valence-corrected chi connectivity index (χ4v) is 2.42. The molecular formula is C22H24N2O3S. The summed E-state index contributed by atoms with van der Waals surface area (Å²) in [7, 11) is 0. The molecule has 2 rings (SSSR count). The Morgan fingerprint density at radius 3 is 2.57 bits per heavy atom. The Morgan fingerprint density at radius 2 is 1.89 bits per heavy atom. The molecule has 0 aliphatic rings. The summed E-state index contributed by atoms with van der Waals surface area (Å²) in [6.07, 6.45) is 3.13. The van der Waals surface area contributed by atoms with E-state index >= 15 is 0 Å². The lowest BCUT2D eigenvalue weighted by atomic mass is 10.2. The average molecular weight is 397 g/mol. The van der Waals surface area contributed by atoms with Crippen LogP contribution in [0.15, 0.2) is 66.8 Å². The molecule has 2 aromatic carbocycles. The molecule has 0 saturated carbocycles. The molecule has 1 amide bonds. The highest BCUT2D eigenvalue weighted by Gasteiger charge is 2.03. The molecule has 5 nitrogen and oxygen atoms in total. The van der Waals surface area contributed by atoms with Crippen molar-refractivity contribution in [3.05, 3.63) is 72.3 Å². The Hall–Kier alpha value is -3.12.